The lowest BCUT2D eigenvalue weighted by Crippen LogP contribution is -2.50. The first kappa shape index (κ1) is 28.3. The number of amides is 2. The number of nitro benzene ring substituents is 1. The van der Waals surface area contributed by atoms with Crippen molar-refractivity contribution in [3.63, 3.8) is 0 Å². The number of carbonyl (C=O) groups excluding carboxylic acids is 2. The maximum Gasteiger partial charge on any atom is 0.322 e. The molecule has 3 atom stereocenters. The summed E-state index contributed by atoms with van der Waals surface area (Å²) in [4.78, 5) is 67.8. The summed E-state index contributed by atoms with van der Waals surface area (Å²) in [6, 6.07) is 2.65. The Hall–Kier alpha value is -3.72. The van der Waals surface area contributed by atoms with Gasteiger partial charge in [-0.05, 0) is 18.4 Å². The fourth-order valence-electron chi connectivity index (χ4n) is 2.54. The molecule has 0 fully saturated rings. The molecule has 1 aromatic carbocycles. The van der Waals surface area contributed by atoms with Gasteiger partial charge in [-0.1, -0.05) is 12.1 Å². The lowest BCUT2D eigenvalue weighted by molar-refractivity contribution is -0.384. The zero-order chi connectivity index (χ0) is 25.8. The number of non-ortho nitro benzene ring substituents is 1. The number of carboxylic acid groups (broad SMARTS) is 3. The molecule has 0 radical (unpaired) electrons. The summed E-state index contributed by atoms with van der Waals surface area (Å²) < 4.78 is 0. The van der Waals surface area contributed by atoms with Crippen molar-refractivity contribution in [3.05, 3.63) is 39.9 Å². The van der Waals surface area contributed by atoms with E-state index in [1.54, 1.807) is 0 Å². The van der Waals surface area contributed by atoms with Crippen LogP contribution in [0, 0.1) is 10.1 Å². The van der Waals surface area contributed by atoms with Crippen molar-refractivity contribution in [1.82, 2.24) is 10.6 Å². The standard InChI is InChI=1S/C19H24N4O10S/c20-12(18(28)29)5-6-15(24)22-13(17(27)21-8-16(25)26)9-34-14(19(30)31)7-10-1-3-11(4-2-10)23(32)33/h1-4,12-14H,5-9,20H2,(H,21,27)(H,22,24)(H,25,26)(H,28,29)(H,30,31)/t12-,13-,14?/m0/s1. The minimum Gasteiger partial charge on any atom is -0.480 e. The molecular weight excluding hydrogens is 476 g/mol. The molecule has 34 heavy (non-hydrogen) atoms. The Morgan fingerprint density at radius 1 is 1.06 bits per heavy atom. The Kier molecular flexibility index (Phi) is 11.4. The van der Waals surface area contributed by atoms with E-state index in [4.69, 9.17) is 15.9 Å². The molecule has 1 rings (SSSR count). The van der Waals surface area contributed by atoms with Gasteiger partial charge in [0.1, 0.15) is 23.9 Å². The van der Waals surface area contributed by atoms with Crippen LogP contribution in [0.2, 0.25) is 0 Å². The van der Waals surface area contributed by atoms with E-state index in [9.17, 15) is 39.2 Å². The van der Waals surface area contributed by atoms with Gasteiger partial charge in [-0.15, -0.1) is 11.8 Å². The van der Waals surface area contributed by atoms with Crippen LogP contribution >= 0.6 is 11.8 Å². The Balaban J connectivity index is 2.85. The fraction of sp³-hybridized carbons (Fsp3) is 0.421. The lowest BCUT2D eigenvalue weighted by Gasteiger charge is -2.20. The number of thioether (sulfide) groups is 1. The highest BCUT2D eigenvalue weighted by Crippen LogP contribution is 2.20. The number of benzene rings is 1. The number of nitrogens with two attached hydrogens (primary N) is 1. The van der Waals surface area contributed by atoms with Crippen molar-refractivity contribution >= 4 is 47.2 Å². The van der Waals surface area contributed by atoms with Crippen molar-refractivity contribution in [2.45, 2.75) is 36.6 Å². The second-order valence-corrected chi connectivity index (χ2v) is 8.24. The molecule has 0 saturated carbocycles. The zero-order valence-electron chi connectivity index (χ0n) is 17.7. The summed E-state index contributed by atoms with van der Waals surface area (Å²) in [6.45, 7) is -0.731. The average Bonchev–Trinajstić information content (AvgIpc) is 2.77. The van der Waals surface area contributed by atoms with Crippen LogP contribution in [0.3, 0.4) is 0 Å². The highest BCUT2D eigenvalue weighted by molar-refractivity contribution is 8.00. The largest absolute Gasteiger partial charge is 0.480 e. The summed E-state index contributed by atoms with van der Waals surface area (Å²) in [7, 11) is 0. The first-order chi connectivity index (χ1) is 15.9. The maximum atomic E-state index is 12.3. The summed E-state index contributed by atoms with van der Waals surface area (Å²) in [5, 5.41) is 41.1. The molecule has 0 aliphatic rings. The number of nitrogens with zero attached hydrogens (tertiary/aromatic N) is 1. The van der Waals surface area contributed by atoms with Crippen LogP contribution < -0.4 is 16.4 Å². The summed E-state index contributed by atoms with van der Waals surface area (Å²) in [5.74, 6) is -5.71. The van der Waals surface area contributed by atoms with Gasteiger partial charge in [0, 0.05) is 24.3 Å². The summed E-state index contributed by atoms with van der Waals surface area (Å²) >= 11 is 0.802. The maximum absolute atomic E-state index is 12.3. The van der Waals surface area contributed by atoms with Crippen LogP contribution in [-0.2, 0) is 30.4 Å². The number of hydrogen-bond acceptors (Lipinski definition) is 9. The van der Waals surface area contributed by atoms with E-state index in [0.29, 0.717) is 5.56 Å². The SMILES string of the molecule is N[C@@H](CCC(=O)N[C@@H](CSC(Cc1ccc([N+](=O)[O-])cc1)C(=O)O)C(=O)NCC(=O)O)C(=O)O. The van der Waals surface area contributed by atoms with Gasteiger partial charge in [0.25, 0.3) is 5.69 Å². The number of nitro groups is 1. The molecule has 0 heterocycles. The smallest absolute Gasteiger partial charge is 0.322 e. The second kappa shape index (κ2) is 13.7. The molecule has 1 aromatic rings. The first-order valence-electron chi connectivity index (χ1n) is 9.75. The Labute approximate surface area is 197 Å². The number of aliphatic carboxylic acids is 3. The number of rotatable bonds is 15. The predicted molar refractivity (Wildman–Crippen MR) is 118 cm³/mol. The van der Waals surface area contributed by atoms with Gasteiger partial charge in [-0.2, -0.15) is 0 Å². The number of carboxylic acids is 3. The molecule has 0 saturated heterocycles. The molecule has 2 amide bonds. The zero-order valence-corrected chi connectivity index (χ0v) is 18.5. The van der Waals surface area contributed by atoms with Gasteiger partial charge in [0.2, 0.25) is 11.8 Å². The topological polar surface area (TPSA) is 239 Å². The van der Waals surface area contributed by atoms with E-state index in [1.165, 1.54) is 24.3 Å². The third-order valence-electron chi connectivity index (χ3n) is 4.37. The molecule has 14 nitrogen and oxygen atoms in total. The molecule has 0 spiro atoms. The minimum absolute atomic E-state index is 0.0388. The quantitative estimate of drug-likeness (QED) is 0.128. The van der Waals surface area contributed by atoms with E-state index in [1.807, 2.05) is 0 Å². The molecule has 0 aromatic heterocycles. The normalized spacial score (nSPS) is 13.2. The Morgan fingerprint density at radius 2 is 1.68 bits per heavy atom. The van der Waals surface area contributed by atoms with Crippen LogP contribution in [0.5, 0.6) is 0 Å². The number of nitrogens with one attached hydrogen (secondary N) is 2. The molecule has 7 N–H and O–H groups in total. The lowest BCUT2D eigenvalue weighted by atomic mass is 10.1. The Morgan fingerprint density at radius 3 is 2.18 bits per heavy atom. The predicted octanol–water partition coefficient (Wildman–Crippen LogP) is -0.799. The molecule has 186 valence electrons. The molecular formula is C19H24N4O10S. The summed E-state index contributed by atoms with van der Waals surface area (Å²) in [5.41, 5.74) is 5.66. The molecule has 0 aliphatic heterocycles. The van der Waals surface area contributed by atoms with Crippen molar-refractivity contribution in [2.75, 3.05) is 12.3 Å². The second-order valence-electron chi connectivity index (χ2n) is 7.00. The van der Waals surface area contributed by atoms with Crippen molar-refractivity contribution in [3.8, 4) is 0 Å². The van der Waals surface area contributed by atoms with E-state index in [2.05, 4.69) is 10.6 Å². The van der Waals surface area contributed by atoms with Gasteiger partial charge < -0.3 is 31.7 Å². The Bertz CT molecular complexity index is 924. The van der Waals surface area contributed by atoms with Crippen LogP contribution in [0.4, 0.5) is 5.69 Å². The van der Waals surface area contributed by atoms with Crippen molar-refractivity contribution in [2.24, 2.45) is 5.73 Å². The van der Waals surface area contributed by atoms with Gasteiger partial charge >= 0.3 is 17.9 Å². The van der Waals surface area contributed by atoms with Gasteiger partial charge in [0.15, 0.2) is 0 Å². The number of carbonyl (C=O) groups is 5. The van der Waals surface area contributed by atoms with Gasteiger partial charge in [0.05, 0.1) is 4.92 Å². The highest BCUT2D eigenvalue weighted by atomic mass is 32.2. The van der Waals surface area contributed by atoms with Crippen LogP contribution in [0.1, 0.15) is 18.4 Å². The third-order valence-corrected chi connectivity index (χ3v) is 5.67. The van der Waals surface area contributed by atoms with E-state index in [-0.39, 0.29) is 30.7 Å². The monoisotopic (exact) mass is 500 g/mol. The number of hydrogen-bond donors (Lipinski definition) is 6. The molecule has 1 unspecified atom stereocenters. The fourth-order valence-corrected chi connectivity index (χ4v) is 3.66. The van der Waals surface area contributed by atoms with Crippen molar-refractivity contribution in [1.29, 1.82) is 0 Å². The van der Waals surface area contributed by atoms with E-state index in [0.717, 1.165) is 11.8 Å². The van der Waals surface area contributed by atoms with E-state index >= 15 is 0 Å². The third kappa shape index (κ3) is 10.3. The van der Waals surface area contributed by atoms with Gasteiger partial charge in [-0.3, -0.25) is 34.1 Å². The average molecular weight is 500 g/mol. The molecule has 0 aliphatic carbocycles. The molecule has 15 heteroatoms. The van der Waals surface area contributed by atoms with Crippen molar-refractivity contribution < 1.29 is 44.2 Å². The minimum atomic E-state index is -1.33. The van der Waals surface area contributed by atoms with E-state index < -0.39 is 58.5 Å². The molecule has 0 bridgehead atoms. The van der Waals surface area contributed by atoms with Gasteiger partial charge in [-0.25, -0.2) is 0 Å². The van der Waals surface area contributed by atoms with Crippen LogP contribution in [0.15, 0.2) is 24.3 Å². The summed E-state index contributed by atoms with van der Waals surface area (Å²) in [6.07, 6.45) is -0.579. The highest BCUT2D eigenvalue weighted by Gasteiger charge is 2.26. The van der Waals surface area contributed by atoms with Crippen LogP contribution in [0.25, 0.3) is 0 Å². The van der Waals surface area contributed by atoms with Crippen LogP contribution in [-0.4, -0.2) is 79.6 Å². The first-order valence-corrected chi connectivity index (χ1v) is 10.8.